The van der Waals surface area contributed by atoms with Crippen molar-refractivity contribution in [2.75, 3.05) is 31.2 Å². The van der Waals surface area contributed by atoms with Crippen molar-refractivity contribution in [2.24, 2.45) is 0 Å². The standard InChI is InChI=1S/C12H20N2O6S/c1-12(20-5-10(15)16)7-14(8-12)11(17)13-9-3-2-4-21(18,19)6-9/h9H,2-8H2,1H3,(H,13,17)(H,15,16). The highest BCUT2D eigenvalue weighted by Gasteiger charge is 2.43. The molecular weight excluding hydrogens is 300 g/mol. The number of urea groups is 1. The predicted molar refractivity (Wildman–Crippen MR) is 73.8 cm³/mol. The molecule has 120 valence electrons. The van der Waals surface area contributed by atoms with Crippen LogP contribution >= 0.6 is 0 Å². The van der Waals surface area contributed by atoms with Gasteiger partial charge in [-0.15, -0.1) is 0 Å². The molecule has 0 aromatic heterocycles. The van der Waals surface area contributed by atoms with E-state index in [1.54, 1.807) is 6.92 Å². The second kappa shape index (κ2) is 5.80. The zero-order valence-electron chi connectivity index (χ0n) is 11.9. The van der Waals surface area contributed by atoms with E-state index in [2.05, 4.69) is 5.32 Å². The average Bonchev–Trinajstić information content (AvgIpc) is 2.31. The first-order valence-electron chi connectivity index (χ1n) is 6.81. The molecule has 1 unspecified atom stereocenters. The Labute approximate surface area is 123 Å². The number of carbonyl (C=O) groups is 2. The summed E-state index contributed by atoms with van der Waals surface area (Å²) in [6.07, 6.45) is 1.22. The Kier molecular flexibility index (Phi) is 4.43. The summed E-state index contributed by atoms with van der Waals surface area (Å²) in [6.45, 7) is 1.94. The van der Waals surface area contributed by atoms with E-state index in [1.807, 2.05) is 0 Å². The normalized spacial score (nSPS) is 26.7. The number of hydrogen-bond acceptors (Lipinski definition) is 5. The molecule has 0 aliphatic carbocycles. The van der Waals surface area contributed by atoms with Gasteiger partial charge in [-0.05, 0) is 19.8 Å². The third-order valence-electron chi connectivity index (χ3n) is 3.67. The average molecular weight is 320 g/mol. The van der Waals surface area contributed by atoms with Gasteiger partial charge >= 0.3 is 12.0 Å². The number of ether oxygens (including phenoxy) is 1. The lowest BCUT2D eigenvalue weighted by atomic mass is 9.97. The Bertz CT molecular complexity index is 526. The zero-order chi connectivity index (χ0) is 15.7. The first kappa shape index (κ1) is 16.0. The third-order valence-corrected chi connectivity index (χ3v) is 5.49. The number of carboxylic acid groups (broad SMARTS) is 1. The van der Waals surface area contributed by atoms with Crippen LogP contribution in [0.3, 0.4) is 0 Å². The second-order valence-corrected chi connectivity index (χ2v) is 8.12. The van der Waals surface area contributed by atoms with Crippen LogP contribution in [0.5, 0.6) is 0 Å². The van der Waals surface area contributed by atoms with Gasteiger partial charge in [0.15, 0.2) is 9.84 Å². The molecule has 0 spiro atoms. The Hall–Kier alpha value is -1.35. The molecule has 0 aromatic rings. The minimum atomic E-state index is -3.06. The SMILES string of the molecule is CC1(OCC(=O)O)CN(C(=O)NC2CCCS(=O)(=O)C2)C1. The van der Waals surface area contributed by atoms with Crippen LogP contribution in [0, 0.1) is 0 Å². The van der Waals surface area contributed by atoms with Crippen molar-refractivity contribution in [3.05, 3.63) is 0 Å². The summed E-state index contributed by atoms with van der Waals surface area (Å²) in [7, 11) is -3.06. The zero-order valence-corrected chi connectivity index (χ0v) is 12.7. The molecule has 2 aliphatic rings. The fourth-order valence-corrected chi connectivity index (χ4v) is 4.27. The third kappa shape index (κ3) is 4.31. The van der Waals surface area contributed by atoms with E-state index < -0.39 is 28.0 Å². The number of likely N-dealkylation sites (tertiary alicyclic amines) is 1. The maximum Gasteiger partial charge on any atom is 0.329 e. The molecule has 2 heterocycles. The summed E-state index contributed by atoms with van der Waals surface area (Å²) in [4.78, 5) is 23.9. The fraction of sp³-hybridized carbons (Fsp3) is 0.833. The lowest BCUT2D eigenvalue weighted by molar-refractivity contribution is -0.159. The van der Waals surface area contributed by atoms with E-state index in [0.29, 0.717) is 25.9 Å². The fourth-order valence-electron chi connectivity index (χ4n) is 2.63. The summed E-state index contributed by atoms with van der Waals surface area (Å²) in [5, 5.41) is 11.3. The number of amides is 2. The van der Waals surface area contributed by atoms with E-state index >= 15 is 0 Å². The highest BCUT2D eigenvalue weighted by Crippen LogP contribution is 2.25. The summed E-state index contributed by atoms with van der Waals surface area (Å²) >= 11 is 0. The maximum atomic E-state index is 12.0. The Morgan fingerprint density at radius 3 is 2.67 bits per heavy atom. The van der Waals surface area contributed by atoms with Crippen molar-refractivity contribution >= 4 is 21.8 Å². The molecule has 2 N–H and O–H groups in total. The molecule has 21 heavy (non-hydrogen) atoms. The largest absolute Gasteiger partial charge is 0.480 e. The molecule has 1 atom stereocenters. The number of rotatable bonds is 4. The molecule has 2 rings (SSSR count). The van der Waals surface area contributed by atoms with E-state index in [0.717, 1.165) is 0 Å². The quantitative estimate of drug-likeness (QED) is 0.718. The van der Waals surface area contributed by atoms with Crippen molar-refractivity contribution in [1.29, 1.82) is 0 Å². The molecule has 8 nitrogen and oxygen atoms in total. The molecule has 2 saturated heterocycles. The van der Waals surface area contributed by atoms with Crippen LogP contribution in [-0.2, 0) is 19.4 Å². The summed E-state index contributed by atoms with van der Waals surface area (Å²) < 4.78 is 28.2. The van der Waals surface area contributed by atoms with Crippen molar-refractivity contribution in [3.63, 3.8) is 0 Å². The van der Waals surface area contributed by atoms with Gasteiger partial charge in [-0.2, -0.15) is 0 Å². The van der Waals surface area contributed by atoms with Crippen LogP contribution < -0.4 is 5.32 Å². The van der Waals surface area contributed by atoms with Gasteiger partial charge in [-0.25, -0.2) is 18.0 Å². The highest BCUT2D eigenvalue weighted by atomic mass is 32.2. The number of hydrogen-bond donors (Lipinski definition) is 2. The van der Waals surface area contributed by atoms with Crippen molar-refractivity contribution in [2.45, 2.75) is 31.4 Å². The van der Waals surface area contributed by atoms with Crippen LogP contribution in [0.15, 0.2) is 0 Å². The van der Waals surface area contributed by atoms with E-state index in [1.165, 1.54) is 4.90 Å². The van der Waals surface area contributed by atoms with Crippen LogP contribution in [0.2, 0.25) is 0 Å². The number of carboxylic acids is 1. The number of nitrogens with zero attached hydrogens (tertiary/aromatic N) is 1. The number of sulfone groups is 1. The number of carbonyl (C=O) groups excluding carboxylic acids is 1. The second-order valence-electron chi connectivity index (χ2n) is 5.89. The molecule has 0 aromatic carbocycles. The topological polar surface area (TPSA) is 113 Å². The van der Waals surface area contributed by atoms with Crippen LogP contribution in [0.25, 0.3) is 0 Å². The lowest BCUT2D eigenvalue weighted by Gasteiger charge is -2.47. The summed E-state index contributed by atoms with van der Waals surface area (Å²) in [6, 6.07) is -0.670. The van der Waals surface area contributed by atoms with Gasteiger partial charge in [0.25, 0.3) is 0 Å². The molecule has 0 saturated carbocycles. The van der Waals surface area contributed by atoms with Gasteiger partial charge in [0.05, 0.1) is 24.6 Å². The highest BCUT2D eigenvalue weighted by molar-refractivity contribution is 7.91. The monoisotopic (exact) mass is 320 g/mol. The van der Waals surface area contributed by atoms with E-state index in [9.17, 15) is 18.0 Å². The molecule has 0 bridgehead atoms. The number of aliphatic carboxylic acids is 1. The van der Waals surface area contributed by atoms with Crippen molar-refractivity contribution < 1.29 is 27.9 Å². The van der Waals surface area contributed by atoms with E-state index in [4.69, 9.17) is 9.84 Å². The molecule has 2 aliphatic heterocycles. The first-order chi connectivity index (χ1) is 9.69. The van der Waals surface area contributed by atoms with Crippen LogP contribution in [0.1, 0.15) is 19.8 Å². The van der Waals surface area contributed by atoms with Gasteiger partial charge in [-0.1, -0.05) is 0 Å². The predicted octanol–water partition coefficient (Wildman–Crippen LogP) is -0.551. The summed E-state index contributed by atoms with van der Waals surface area (Å²) in [5.41, 5.74) is -0.644. The van der Waals surface area contributed by atoms with E-state index in [-0.39, 0.29) is 23.6 Å². The molecule has 0 radical (unpaired) electrons. The molecule has 2 fully saturated rings. The van der Waals surface area contributed by atoms with Crippen LogP contribution in [-0.4, -0.2) is 73.3 Å². The Morgan fingerprint density at radius 2 is 2.10 bits per heavy atom. The Balaban J connectivity index is 1.77. The maximum absolute atomic E-state index is 12.0. The Morgan fingerprint density at radius 1 is 1.43 bits per heavy atom. The molecule has 2 amide bonds. The minimum Gasteiger partial charge on any atom is -0.480 e. The van der Waals surface area contributed by atoms with Gasteiger partial charge in [0.1, 0.15) is 12.2 Å². The molecule has 9 heteroatoms. The lowest BCUT2D eigenvalue weighted by Crippen LogP contribution is -2.66. The van der Waals surface area contributed by atoms with Gasteiger partial charge in [0, 0.05) is 6.04 Å². The van der Waals surface area contributed by atoms with Gasteiger partial charge in [-0.3, -0.25) is 0 Å². The number of nitrogens with one attached hydrogen (secondary N) is 1. The van der Waals surface area contributed by atoms with Crippen LogP contribution in [0.4, 0.5) is 4.79 Å². The summed E-state index contributed by atoms with van der Waals surface area (Å²) in [5.74, 6) is -0.879. The minimum absolute atomic E-state index is 0.0145. The van der Waals surface area contributed by atoms with Crippen molar-refractivity contribution in [1.82, 2.24) is 10.2 Å². The van der Waals surface area contributed by atoms with Crippen molar-refractivity contribution in [3.8, 4) is 0 Å². The smallest absolute Gasteiger partial charge is 0.329 e. The molecular formula is C12H20N2O6S. The first-order valence-corrected chi connectivity index (χ1v) is 8.63. The van der Waals surface area contributed by atoms with Gasteiger partial charge in [0.2, 0.25) is 0 Å². The van der Waals surface area contributed by atoms with Gasteiger partial charge < -0.3 is 20.1 Å².